The van der Waals surface area contributed by atoms with Crippen LogP contribution in [0.4, 0.5) is 13.2 Å². The number of nitrogens with one attached hydrogen (secondary N) is 1. The molecule has 0 bridgehead atoms. The van der Waals surface area contributed by atoms with Gasteiger partial charge in [0.15, 0.2) is 0 Å². The van der Waals surface area contributed by atoms with Crippen LogP contribution in [-0.2, 0) is 19.3 Å². The SMILES string of the molecule is CC.Cc1c(C)n(Cc2ccc(-c3ccccc3)cc2)c2ccc(C(=O)NCc3cccc(C(F)(F)F)c3)cc12. The second kappa shape index (κ2) is 12.2. The van der Waals surface area contributed by atoms with Crippen LogP contribution in [0.5, 0.6) is 0 Å². The summed E-state index contributed by atoms with van der Waals surface area (Å²) in [6.07, 6.45) is -4.42. The summed E-state index contributed by atoms with van der Waals surface area (Å²) in [6, 6.07) is 29.3. The Kier molecular flexibility index (Phi) is 8.78. The van der Waals surface area contributed by atoms with Crippen LogP contribution in [0.2, 0.25) is 0 Å². The molecule has 1 amide bonds. The number of alkyl halides is 3. The van der Waals surface area contributed by atoms with Gasteiger partial charge < -0.3 is 9.88 Å². The van der Waals surface area contributed by atoms with Crippen molar-refractivity contribution in [2.45, 2.75) is 47.0 Å². The lowest BCUT2D eigenvalue weighted by atomic mass is 10.0. The summed E-state index contributed by atoms with van der Waals surface area (Å²) < 4.78 is 41.2. The number of aryl methyl sites for hydroxylation is 1. The maximum absolute atomic E-state index is 13.0. The normalized spacial score (nSPS) is 11.2. The Morgan fingerprint density at radius 3 is 2.12 bits per heavy atom. The summed E-state index contributed by atoms with van der Waals surface area (Å²) in [5.41, 5.74) is 6.89. The van der Waals surface area contributed by atoms with E-state index >= 15 is 0 Å². The highest BCUT2D eigenvalue weighted by atomic mass is 19.4. The molecular formula is C34H33F3N2O. The molecular weight excluding hydrogens is 509 g/mol. The molecule has 1 aromatic heterocycles. The number of carbonyl (C=O) groups excluding carboxylic acids is 1. The zero-order chi connectivity index (χ0) is 28.9. The zero-order valence-corrected chi connectivity index (χ0v) is 23.1. The molecule has 5 rings (SSSR count). The van der Waals surface area contributed by atoms with Gasteiger partial charge in [0, 0.05) is 35.2 Å². The van der Waals surface area contributed by atoms with Gasteiger partial charge in [0.2, 0.25) is 0 Å². The number of carbonyl (C=O) groups is 1. The predicted molar refractivity (Wildman–Crippen MR) is 156 cm³/mol. The van der Waals surface area contributed by atoms with Crippen molar-refractivity contribution in [3.8, 4) is 11.1 Å². The fourth-order valence-electron chi connectivity index (χ4n) is 4.75. The van der Waals surface area contributed by atoms with Crippen molar-refractivity contribution in [3.05, 3.63) is 131 Å². The maximum atomic E-state index is 13.0. The van der Waals surface area contributed by atoms with Crippen molar-refractivity contribution in [3.63, 3.8) is 0 Å². The Balaban J connectivity index is 0.00000181. The van der Waals surface area contributed by atoms with Gasteiger partial charge in [0.25, 0.3) is 5.91 Å². The molecule has 0 saturated heterocycles. The molecule has 1 heterocycles. The van der Waals surface area contributed by atoms with Gasteiger partial charge in [0.1, 0.15) is 0 Å². The molecule has 6 heteroatoms. The fraction of sp³-hybridized carbons (Fsp3) is 0.206. The smallest absolute Gasteiger partial charge is 0.348 e. The number of fused-ring (bicyclic) bond motifs is 1. The second-order valence-electron chi connectivity index (χ2n) is 9.47. The molecule has 206 valence electrons. The van der Waals surface area contributed by atoms with Crippen molar-refractivity contribution in [2.75, 3.05) is 0 Å². The molecule has 4 aromatic carbocycles. The lowest BCUT2D eigenvalue weighted by molar-refractivity contribution is -0.137. The summed E-state index contributed by atoms with van der Waals surface area (Å²) in [5, 5.41) is 3.73. The highest BCUT2D eigenvalue weighted by molar-refractivity contribution is 5.99. The minimum atomic E-state index is -4.42. The van der Waals surface area contributed by atoms with Gasteiger partial charge in [-0.3, -0.25) is 4.79 Å². The van der Waals surface area contributed by atoms with E-state index in [9.17, 15) is 18.0 Å². The molecule has 0 spiro atoms. The quantitative estimate of drug-likeness (QED) is 0.228. The largest absolute Gasteiger partial charge is 0.416 e. The molecule has 5 aromatic rings. The van der Waals surface area contributed by atoms with Crippen LogP contribution in [0, 0.1) is 13.8 Å². The number of amides is 1. The van der Waals surface area contributed by atoms with Crippen molar-refractivity contribution >= 4 is 16.8 Å². The lowest BCUT2D eigenvalue weighted by Gasteiger charge is -2.11. The molecule has 1 N–H and O–H groups in total. The van der Waals surface area contributed by atoms with E-state index in [0.717, 1.165) is 34.3 Å². The number of nitrogens with zero attached hydrogens (tertiary/aromatic N) is 1. The van der Waals surface area contributed by atoms with Crippen molar-refractivity contribution < 1.29 is 18.0 Å². The van der Waals surface area contributed by atoms with Gasteiger partial charge in [-0.2, -0.15) is 13.2 Å². The van der Waals surface area contributed by atoms with E-state index < -0.39 is 11.7 Å². The number of hydrogen-bond donors (Lipinski definition) is 1. The molecule has 3 nitrogen and oxygen atoms in total. The van der Waals surface area contributed by atoms with Crippen LogP contribution in [0.25, 0.3) is 22.0 Å². The third-order valence-electron chi connectivity index (χ3n) is 7.01. The Hall–Kier alpha value is -4.32. The van der Waals surface area contributed by atoms with Gasteiger partial charge in [-0.25, -0.2) is 0 Å². The van der Waals surface area contributed by atoms with Crippen LogP contribution < -0.4 is 5.32 Å². The molecule has 0 aliphatic rings. The molecule has 0 fully saturated rings. The van der Waals surface area contributed by atoms with Crippen LogP contribution >= 0.6 is 0 Å². The number of halogens is 3. The summed E-state index contributed by atoms with van der Waals surface area (Å²) in [6.45, 7) is 8.82. The standard InChI is InChI=1S/C32H27F3N2O.C2H6/c1-21-22(2)37(20-23-11-13-26(14-12-23)25-8-4-3-5-9-25)30-16-15-27(18-29(21)30)31(38)36-19-24-7-6-10-28(17-24)32(33,34)35;1-2/h3-18H,19-20H2,1-2H3,(H,36,38);1-2H3. The molecule has 0 atom stereocenters. The van der Waals surface area contributed by atoms with E-state index in [1.54, 1.807) is 12.1 Å². The van der Waals surface area contributed by atoms with Gasteiger partial charge >= 0.3 is 6.18 Å². The third kappa shape index (κ3) is 6.28. The van der Waals surface area contributed by atoms with Gasteiger partial charge in [-0.1, -0.05) is 80.6 Å². The lowest BCUT2D eigenvalue weighted by Crippen LogP contribution is -2.23. The Labute approximate surface area is 233 Å². The molecule has 0 saturated carbocycles. The Morgan fingerprint density at radius 1 is 0.775 bits per heavy atom. The minimum absolute atomic E-state index is 0.0127. The van der Waals surface area contributed by atoms with E-state index in [4.69, 9.17) is 0 Å². The second-order valence-corrected chi connectivity index (χ2v) is 9.47. The highest BCUT2D eigenvalue weighted by Gasteiger charge is 2.30. The number of rotatable bonds is 6. The predicted octanol–water partition coefficient (Wildman–Crippen LogP) is 8.95. The molecule has 0 aliphatic heterocycles. The zero-order valence-electron chi connectivity index (χ0n) is 23.1. The minimum Gasteiger partial charge on any atom is -0.348 e. The van der Waals surface area contributed by atoms with E-state index in [2.05, 4.69) is 53.2 Å². The first-order valence-corrected chi connectivity index (χ1v) is 13.4. The molecule has 0 unspecified atom stereocenters. The van der Waals surface area contributed by atoms with Gasteiger partial charge in [0.05, 0.1) is 5.56 Å². The average Bonchev–Trinajstić information content (AvgIpc) is 3.21. The number of hydrogen-bond acceptors (Lipinski definition) is 1. The third-order valence-corrected chi connectivity index (χ3v) is 7.01. The number of aromatic nitrogens is 1. The van der Waals surface area contributed by atoms with E-state index in [0.29, 0.717) is 17.7 Å². The Bertz CT molecular complexity index is 1600. The van der Waals surface area contributed by atoms with Crippen molar-refractivity contribution in [1.82, 2.24) is 9.88 Å². The van der Waals surface area contributed by atoms with Crippen LogP contribution in [-0.4, -0.2) is 10.5 Å². The first-order chi connectivity index (χ1) is 19.2. The molecule has 40 heavy (non-hydrogen) atoms. The van der Waals surface area contributed by atoms with Crippen LogP contribution in [0.15, 0.2) is 97.1 Å². The summed E-state index contributed by atoms with van der Waals surface area (Å²) in [4.78, 5) is 12.8. The summed E-state index contributed by atoms with van der Waals surface area (Å²) >= 11 is 0. The summed E-state index contributed by atoms with van der Waals surface area (Å²) in [7, 11) is 0. The van der Waals surface area contributed by atoms with Crippen LogP contribution in [0.1, 0.15) is 52.2 Å². The monoisotopic (exact) mass is 542 g/mol. The van der Waals surface area contributed by atoms with E-state index in [-0.39, 0.29) is 12.5 Å². The molecule has 0 aliphatic carbocycles. The average molecular weight is 543 g/mol. The van der Waals surface area contributed by atoms with E-state index in [1.807, 2.05) is 51.1 Å². The van der Waals surface area contributed by atoms with Crippen molar-refractivity contribution in [1.29, 1.82) is 0 Å². The van der Waals surface area contributed by atoms with Gasteiger partial charge in [-0.05, 0) is 72.0 Å². The number of benzene rings is 4. The first-order valence-electron chi connectivity index (χ1n) is 13.4. The fourth-order valence-corrected chi connectivity index (χ4v) is 4.75. The first kappa shape index (κ1) is 28.7. The Morgan fingerprint density at radius 2 is 1.45 bits per heavy atom. The summed E-state index contributed by atoms with van der Waals surface area (Å²) in [5.74, 6) is -0.328. The topological polar surface area (TPSA) is 34.0 Å². The van der Waals surface area contributed by atoms with Gasteiger partial charge in [-0.15, -0.1) is 0 Å². The van der Waals surface area contributed by atoms with E-state index in [1.165, 1.54) is 22.8 Å². The highest BCUT2D eigenvalue weighted by Crippen LogP contribution is 2.30. The van der Waals surface area contributed by atoms with Crippen LogP contribution in [0.3, 0.4) is 0 Å². The van der Waals surface area contributed by atoms with Crippen molar-refractivity contribution in [2.24, 2.45) is 0 Å². The maximum Gasteiger partial charge on any atom is 0.416 e. The molecule has 0 radical (unpaired) electrons.